The largest absolute Gasteiger partial charge is 0.465 e. The molecule has 3 rings (SSSR count). The second-order valence-corrected chi connectivity index (χ2v) is 7.63. The van der Waals surface area contributed by atoms with Crippen molar-refractivity contribution in [1.82, 2.24) is 9.80 Å². The molecule has 8 heteroatoms. The zero-order valence-electron chi connectivity index (χ0n) is 15.1. The van der Waals surface area contributed by atoms with Crippen molar-refractivity contribution < 1.29 is 19.1 Å². The van der Waals surface area contributed by atoms with E-state index >= 15 is 0 Å². The number of benzene rings is 2. The maximum Gasteiger partial charge on any atom is 0.407 e. The summed E-state index contributed by atoms with van der Waals surface area (Å²) >= 11 is 11.7. The SMILES string of the molecule is CN(C(=O)c1ccc(Cl)cc1)C1CCN(C(=O)O)CC1c1ccc(Cl)c(F)c1. The molecule has 2 aromatic carbocycles. The number of hydrogen-bond acceptors (Lipinski definition) is 2. The summed E-state index contributed by atoms with van der Waals surface area (Å²) in [5.74, 6) is -1.15. The molecule has 0 bridgehead atoms. The molecule has 1 heterocycles. The van der Waals surface area contributed by atoms with Crippen molar-refractivity contribution >= 4 is 35.2 Å². The molecule has 1 N–H and O–H groups in total. The summed E-state index contributed by atoms with van der Waals surface area (Å²) < 4.78 is 14.0. The minimum absolute atomic E-state index is 0.00297. The Morgan fingerprint density at radius 3 is 2.46 bits per heavy atom. The molecule has 0 spiro atoms. The molecule has 0 radical (unpaired) electrons. The van der Waals surface area contributed by atoms with Gasteiger partial charge in [-0.3, -0.25) is 4.79 Å². The number of hydrogen-bond donors (Lipinski definition) is 1. The number of piperidine rings is 1. The molecule has 0 aromatic heterocycles. The third-order valence-corrected chi connectivity index (χ3v) is 5.69. The van der Waals surface area contributed by atoms with Gasteiger partial charge in [0.25, 0.3) is 5.91 Å². The van der Waals surface area contributed by atoms with Crippen molar-refractivity contribution in [3.05, 3.63) is 69.5 Å². The normalized spacial score (nSPS) is 19.4. The molecule has 28 heavy (non-hydrogen) atoms. The van der Waals surface area contributed by atoms with Crippen LogP contribution in [0.2, 0.25) is 10.0 Å². The third-order valence-electron chi connectivity index (χ3n) is 5.13. The highest BCUT2D eigenvalue weighted by Crippen LogP contribution is 2.33. The number of carbonyl (C=O) groups is 2. The van der Waals surface area contributed by atoms with Crippen LogP contribution in [0.4, 0.5) is 9.18 Å². The van der Waals surface area contributed by atoms with E-state index in [9.17, 15) is 19.1 Å². The molecule has 1 saturated heterocycles. The second-order valence-electron chi connectivity index (χ2n) is 6.79. The standard InChI is InChI=1S/C20H19Cl2FN2O3/c1-24(19(26)12-2-5-14(21)6-3-12)18-8-9-25(20(27)28)11-15(18)13-4-7-16(22)17(23)10-13/h2-7,10,15,18H,8-9,11H2,1H3,(H,27,28). The molecular formula is C20H19Cl2FN2O3. The van der Waals surface area contributed by atoms with Crippen LogP contribution in [0.1, 0.15) is 28.3 Å². The molecule has 0 saturated carbocycles. The van der Waals surface area contributed by atoms with Crippen LogP contribution < -0.4 is 0 Å². The van der Waals surface area contributed by atoms with Gasteiger partial charge in [0.1, 0.15) is 5.82 Å². The van der Waals surface area contributed by atoms with Crippen LogP contribution in [0.5, 0.6) is 0 Å². The van der Waals surface area contributed by atoms with Crippen LogP contribution in [0.3, 0.4) is 0 Å². The molecule has 2 amide bonds. The summed E-state index contributed by atoms with van der Waals surface area (Å²) in [6.07, 6.45) is -0.596. The van der Waals surface area contributed by atoms with Crippen molar-refractivity contribution in [2.75, 3.05) is 20.1 Å². The number of rotatable bonds is 3. The first-order valence-electron chi connectivity index (χ1n) is 8.73. The van der Waals surface area contributed by atoms with Gasteiger partial charge in [-0.05, 0) is 48.4 Å². The first-order valence-corrected chi connectivity index (χ1v) is 9.49. The summed E-state index contributed by atoms with van der Waals surface area (Å²) in [5.41, 5.74) is 1.09. The highest BCUT2D eigenvalue weighted by Gasteiger charge is 2.37. The minimum atomic E-state index is -1.04. The molecule has 2 aromatic rings. The third kappa shape index (κ3) is 4.23. The lowest BCUT2D eigenvalue weighted by atomic mass is 9.85. The summed E-state index contributed by atoms with van der Waals surface area (Å²) in [4.78, 5) is 27.3. The number of carbonyl (C=O) groups excluding carboxylic acids is 1. The van der Waals surface area contributed by atoms with Crippen molar-refractivity contribution in [2.45, 2.75) is 18.4 Å². The smallest absolute Gasteiger partial charge is 0.407 e. The Kier molecular flexibility index (Phi) is 6.10. The Labute approximate surface area is 172 Å². The fourth-order valence-corrected chi connectivity index (χ4v) is 3.84. The van der Waals surface area contributed by atoms with E-state index in [1.807, 2.05) is 0 Å². The molecule has 148 valence electrons. The van der Waals surface area contributed by atoms with Crippen LogP contribution in [0, 0.1) is 5.82 Å². The Balaban J connectivity index is 1.91. The van der Waals surface area contributed by atoms with Gasteiger partial charge in [-0.2, -0.15) is 0 Å². The molecule has 1 fully saturated rings. The van der Waals surface area contributed by atoms with E-state index in [0.717, 1.165) is 0 Å². The Morgan fingerprint density at radius 1 is 1.18 bits per heavy atom. The van der Waals surface area contributed by atoms with E-state index in [-0.39, 0.29) is 29.4 Å². The molecule has 1 aliphatic rings. The molecule has 0 aliphatic carbocycles. The first kappa shape index (κ1) is 20.4. The van der Waals surface area contributed by atoms with E-state index < -0.39 is 11.9 Å². The Hall–Kier alpha value is -2.31. The number of likely N-dealkylation sites (tertiary alicyclic amines) is 1. The average molecular weight is 425 g/mol. The molecule has 2 atom stereocenters. The predicted octanol–water partition coefficient (Wildman–Crippen LogP) is 4.74. The lowest BCUT2D eigenvalue weighted by molar-refractivity contribution is 0.0590. The minimum Gasteiger partial charge on any atom is -0.465 e. The van der Waals surface area contributed by atoms with E-state index in [1.54, 1.807) is 42.3 Å². The zero-order chi connectivity index (χ0) is 20.4. The number of amides is 2. The number of carboxylic acid groups (broad SMARTS) is 1. The van der Waals surface area contributed by atoms with Gasteiger partial charge < -0.3 is 14.9 Å². The monoisotopic (exact) mass is 424 g/mol. The maximum atomic E-state index is 14.0. The maximum absolute atomic E-state index is 14.0. The summed E-state index contributed by atoms with van der Waals surface area (Å²) in [7, 11) is 1.68. The van der Waals surface area contributed by atoms with Crippen LogP contribution in [-0.4, -0.2) is 53.1 Å². The van der Waals surface area contributed by atoms with E-state index in [2.05, 4.69) is 0 Å². The van der Waals surface area contributed by atoms with Crippen LogP contribution in [-0.2, 0) is 0 Å². The molecule has 5 nitrogen and oxygen atoms in total. The van der Waals surface area contributed by atoms with E-state index in [0.29, 0.717) is 29.1 Å². The van der Waals surface area contributed by atoms with Gasteiger partial charge in [-0.1, -0.05) is 29.3 Å². The number of likely N-dealkylation sites (N-methyl/N-ethyl adjacent to an activating group) is 1. The Bertz CT molecular complexity index is 892. The summed E-state index contributed by atoms with van der Waals surface area (Å²) in [6, 6.07) is 10.7. The van der Waals surface area contributed by atoms with Gasteiger partial charge in [0.15, 0.2) is 0 Å². The highest BCUT2D eigenvalue weighted by atomic mass is 35.5. The highest BCUT2D eigenvalue weighted by molar-refractivity contribution is 6.31. The van der Waals surface area contributed by atoms with Crippen molar-refractivity contribution in [2.24, 2.45) is 0 Å². The van der Waals surface area contributed by atoms with E-state index in [4.69, 9.17) is 23.2 Å². The van der Waals surface area contributed by atoms with E-state index in [1.165, 1.54) is 17.0 Å². The molecule has 2 unspecified atom stereocenters. The van der Waals surface area contributed by atoms with Gasteiger partial charge in [0.2, 0.25) is 0 Å². The molecule has 1 aliphatic heterocycles. The topological polar surface area (TPSA) is 60.9 Å². The van der Waals surface area contributed by atoms with Crippen molar-refractivity contribution in [3.8, 4) is 0 Å². The average Bonchev–Trinajstić information content (AvgIpc) is 2.69. The predicted molar refractivity (Wildman–Crippen MR) is 106 cm³/mol. The quantitative estimate of drug-likeness (QED) is 0.773. The number of nitrogens with zero attached hydrogens (tertiary/aromatic N) is 2. The first-order chi connectivity index (χ1) is 13.3. The van der Waals surface area contributed by atoms with Gasteiger partial charge in [0, 0.05) is 42.7 Å². The van der Waals surface area contributed by atoms with Crippen LogP contribution in [0.25, 0.3) is 0 Å². The second kappa shape index (κ2) is 8.37. The summed E-state index contributed by atoms with van der Waals surface area (Å²) in [5, 5.41) is 9.91. The fraction of sp³-hybridized carbons (Fsp3) is 0.300. The fourth-order valence-electron chi connectivity index (χ4n) is 3.59. The van der Waals surface area contributed by atoms with Crippen molar-refractivity contribution in [1.29, 1.82) is 0 Å². The van der Waals surface area contributed by atoms with Gasteiger partial charge in [0.05, 0.1) is 5.02 Å². The molecular weight excluding hydrogens is 406 g/mol. The lowest BCUT2D eigenvalue weighted by Gasteiger charge is -2.42. The van der Waals surface area contributed by atoms with Crippen LogP contribution >= 0.6 is 23.2 Å². The van der Waals surface area contributed by atoms with Crippen molar-refractivity contribution in [3.63, 3.8) is 0 Å². The van der Waals surface area contributed by atoms with Gasteiger partial charge in [-0.25, -0.2) is 9.18 Å². The number of halogens is 3. The van der Waals surface area contributed by atoms with Crippen LogP contribution in [0.15, 0.2) is 42.5 Å². The lowest BCUT2D eigenvalue weighted by Crippen LogP contribution is -2.51. The summed E-state index contributed by atoms with van der Waals surface area (Å²) in [6.45, 7) is 0.462. The Morgan fingerprint density at radius 2 is 1.86 bits per heavy atom. The zero-order valence-corrected chi connectivity index (χ0v) is 16.6. The van der Waals surface area contributed by atoms with Gasteiger partial charge in [-0.15, -0.1) is 0 Å². The van der Waals surface area contributed by atoms with Gasteiger partial charge >= 0.3 is 6.09 Å².